The topological polar surface area (TPSA) is 12.5 Å². The highest BCUT2D eigenvalue weighted by molar-refractivity contribution is 4.95. The quantitative estimate of drug-likeness (QED) is 0.540. The number of hydrogen-bond donors (Lipinski definition) is 0. The van der Waals surface area contributed by atoms with E-state index in [9.17, 15) is 0 Å². The van der Waals surface area contributed by atoms with Crippen molar-refractivity contribution in [3.8, 4) is 12.3 Å². The summed E-state index contributed by atoms with van der Waals surface area (Å²) >= 11 is 0. The van der Waals surface area contributed by atoms with Crippen LogP contribution in [0.3, 0.4) is 0 Å². The number of hydrogen-bond acceptors (Lipinski definition) is 2. The minimum atomic E-state index is 0.273. The van der Waals surface area contributed by atoms with Crippen LogP contribution in [-0.2, 0) is 4.74 Å². The van der Waals surface area contributed by atoms with Crippen LogP contribution < -0.4 is 0 Å². The van der Waals surface area contributed by atoms with Crippen molar-refractivity contribution < 1.29 is 4.74 Å². The molecule has 1 fully saturated rings. The van der Waals surface area contributed by atoms with Gasteiger partial charge in [-0.2, -0.15) is 0 Å². The van der Waals surface area contributed by atoms with Gasteiger partial charge in [0.2, 0.25) is 0 Å². The summed E-state index contributed by atoms with van der Waals surface area (Å²) < 4.78 is 5.39. The van der Waals surface area contributed by atoms with E-state index in [1.807, 2.05) is 0 Å². The average molecular weight is 167 g/mol. The second-order valence-electron chi connectivity index (χ2n) is 3.53. The highest BCUT2D eigenvalue weighted by Crippen LogP contribution is 2.08. The molecule has 0 amide bonds. The number of ether oxygens (including phenoxy) is 1. The Balaban J connectivity index is 2.49. The first-order valence-corrected chi connectivity index (χ1v) is 4.52. The Bertz CT molecular complexity index is 171. The van der Waals surface area contributed by atoms with E-state index < -0.39 is 0 Å². The first kappa shape index (κ1) is 9.57. The molecule has 2 nitrogen and oxygen atoms in total. The van der Waals surface area contributed by atoms with Gasteiger partial charge in [0.05, 0.1) is 19.1 Å². The van der Waals surface area contributed by atoms with Crippen LogP contribution in [0.1, 0.15) is 13.8 Å². The Morgan fingerprint density at radius 2 is 2.33 bits per heavy atom. The summed E-state index contributed by atoms with van der Waals surface area (Å²) in [4.78, 5) is 2.37. The van der Waals surface area contributed by atoms with E-state index in [0.29, 0.717) is 6.04 Å². The van der Waals surface area contributed by atoms with Gasteiger partial charge in [0.25, 0.3) is 0 Å². The second kappa shape index (κ2) is 4.49. The first-order valence-electron chi connectivity index (χ1n) is 4.52. The second-order valence-corrected chi connectivity index (χ2v) is 3.53. The Hall–Kier alpha value is -0.520. The normalized spacial score (nSPS) is 26.7. The standard InChI is InChI=1S/C10H17NO/c1-4-10-7-11(9(2)3)5-6-12-8-10/h1,9-10H,5-8H2,2-3H3/t10-/m1/s1. The van der Waals surface area contributed by atoms with E-state index in [0.717, 1.165) is 26.3 Å². The Labute approximate surface area is 74.9 Å². The molecule has 12 heavy (non-hydrogen) atoms. The molecule has 2 heteroatoms. The molecule has 1 rings (SSSR count). The summed E-state index contributed by atoms with van der Waals surface area (Å²) in [5.41, 5.74) is 0. The van der Waals surface area contributed by atoms with E-state index in [1.54, 1.807) is 0 Å². The predicted molar refractivity (Wildman–Crippen MR) is 49.9 cm³/mol. The van der Waals surface area contributed by atoms with Crippen molar-refractivity contribution >= 4 is 0 Å². The lowest BCUT2D eigenvalue weighted by atomic mass is 10.1. The largest absolute Gasteiger partial charge is 0.379 e. The van der Waals surface area contributed by atoms with E-state index in [4.69, 9.17) is 11.2 Å². The van der Waals surface area contributed by atoms with Crippen LogP contribution in [0.25, 0.3) is 0 Å². The third-order valence-corrected chi connectivity index (χ3v) is 2.26. The molecule has 0 radical (unpaired) electrons. The third kappa shape index (κ3) is 2.51. The molecular weight excluding hydrogens is 150 g/mol. The van der Waals surface area contributed by atoms with Gasteiger partial charge in [-0.3, -0.25) is 4.90 Å². The summed E-state index contributed by atoms with van der Waals surface area (Å²) in [6.45, 7) is 7.91. The van der Waals surface area contributed by atoms with Gasteiger partial charge in [-0.05, 0) is 13.8 Å². The van der Waals surface area contributed by atoms with Crippen LogP contribution in [0, 0.1) is 18.3 Å². The minimum Gasteiger partial charge on any atom is -0.379 e. The zero-order chi connectivity index (χ0) is 8.97. The minimum absolute atomic E-state index is 0.273. The zero-order valence-electron chi connectivity index (χ0n) is 7.92. The Morgan fingerprint density at radius 3 is 2.92 bits per heavy atom. The fraction of sp³-hybridized carbons (Fsp3) is 0.800. The molecule has 0 aromatic heterocycles. The van der Waals surface area contributed by atoms with E-state index >= 15 is 0 Å². The van der Waals surface area contributed by atoms with Gasteiger partial charge < -0.3 is 4.74 Å². The van der Waals surface area contributed by atoms with E-state index in [-0.39, 0.29) is 5.92 Å². The van der Waals surface area contributed by atoms with Crippen molar-refractivity contribution in [1.29, 1.82) is 0 Å². The van der Waals surface area contributed by atoms with Crippen molar-refractivity contribution in [3.05, 3.63) is 0 Å². The lowest BCUT2D eigenvalue weighted by Crippen LogP contribution is -2.35. The molecule has 1 aliphatic rings. The molecular formula is C10H17NO. The maximum absolute atomic E-state index is 5.39. The molecule has 0 unspecified atom stereocenters. The Kier molecular flexibility index (Phi) is 3.58. The van der Waals surface area contributed by atoms with Gasteiger partial charge in [0.15, 0.2) is 0 Å². The molecule has 0 aromatic carbocycles. The van der Waals surface area contributed by atoms with Crippen molar-refractivity contribution in [3.63, 3.8) is 0 Å². The zero-order valence-corrected chi connectivity index (χ0v) is 7.92. The van der Waals surface area contributed by atoms with Crippen LogP contribution in [0.15, 0.2) is 0 Å². The number of nitrogens with zero attached hydrogens (tertiary/aromatic N) is 1. The molecule has 68 valence electrons. The van der Waals surface area contributed by atoms with Crippen molar-refractivity contribution in [2.24, 2.45) is 5.92 Å². The van der Waals surface area contributed by atoms with Gasteiger partial charge >= 0.3 is 0 Å². The lowest BCUT2D eigenvalue weighted by Gasteiger charge is -2.24. The van der Waals surface area contributed by atoms with Gasteiger partial charge in [0, 0.05) is 19.1 Å². The summed E-state index contributed by atoms with van der Waals surface area (Å²) in [5, 5.41) is 0. The van der Waals surface area contributed by atoms with Gasteiger partial charge in [-0.25, -0.2) is 0 Å². The van der Waals surface area contributed by atoms with Crippen LogP contribution in [-0.4, -0.2) is 37.2 Å². The molecule has 1 saturated heterocycles. The summed E-state index contributed by atoms with van der Waals surface area (Å²) in [5.74, 6) is 3.04. The average Bonchev–Trinajstić information content (AvgIpc) is 2.28. The molecule has 0 spiro atoms. The van der Waals surface area contributed by atoms with Gasteiger partial charge in [-0.1, -0.05) is 5.92 Å². The van der Waals surface area contributed by atoms with Crippen molar-refractivity contribution in [2.45, 2.75) is 19.9 Å². The summed E-state index contributed by atoms with van der Waals surface area (Å²) in [6, 6.07) is 0.572. The smallest absolute Gasteiger partial charge is 0.0616 e. The SMILES string of the molecule is C#C[C@H]1COCCN(C(C)C)C1. The molecule has 0 bridgehead atoms. The molecule has 1 heterocycles. The number of terminal acetylenes is 1. The summed E-state index contributed by atoms with van der Waals surface area (Å²) in [6.07, 6.45) is 5.38. The van der Waals surface area contributed by atoms with Crippen LogP contribution >= 0.6 is 0 Å². The van der Waals surface area contributed by atoms with Crippen LogP contribution in [0.4, 0.5) is 0 Å². The fourth-order valence-electron chi connectivity index (χ4n) is 1.40. The van der Waals surface area contributed by atoms with Gasteiger partial charge in [0.1, 0.15) is 0 Å². The van der Waals surface area contributed by atoms with Crippen molar-refractivity contribution in [1.82, 2.24) is 4.90 Å². The van der Waals surface area contributed by atoms with E-state index in [1.165, 1.54) is 0 Å². The van der Waals surface area contributed by atoms with E-state index in [2.05, 4.69) is 24.7 Å². The molecule has 0 N–H and O–H groups in total. The first-order chi connectivity index (χ1) is 5.74. The van der Waals surface area contributed by atoms with Crippen LogP contribution in [0.2, 0.25) is 0 Å². The van der Waals surface area contributed by atoms with Gasteiger partial charge in [-0.15, -0.1) is 6.42 Å². The maximum atomic E-state index is 5.39. The molecule has 1 aliphatic heterocycles. The summed E-state index contributed by atoms with van der Waals surface area (Å²) in [7, 11) is 0. The predicted octanol–water partition coefficient (Wildman–Crippen LogP) is 0.976. The monoisotopic (exact) mass is 167 g/mol. The lowest BCUT2D eigenvalue weighted by molar-refractivity contribution is 0.129. The molecule has 1 atom stereocenters. The molecule has 0 saturated carbocycles. The maximum Gasteiger partial charge on any atom is 0.0616 e. The fourth-order valence-corrected chi connectivity index (χ4v) is 1.40. The molecule has 0 aromatic rings. The highest BCUT2D eigenvalue weighted by Gasteiger charge is 2.18. The number of rotatable bonds is 1. The Morgan fingerprint density at radius 1 is 1.58 bits per heavy atom. The van der Waals surface area contributed by atoms with Crippen LogP contribution in [0.5, 0.6) is 0 Å². The van der Waals surface area contributed by atoms with Crippen molar-refractivity contribution in [2.75, 3.05) is 26.3 Å². The highest BCUT2D eigenvalue weighted by atomic mass is 16.5. The molecule has 0 aliphatic carbocycles. The third-order valence-electron chi connectivity index (χ3n) is 2.26.